The molecule has 4 nitrogen and oxygen atoms in total. The van der Waals surface area contributed by atoms with E-state index in [0.717, 1.165) is 42.1 Å². The van der Waals surface area contributed by atoms with Crippen molar-refractivity contribution in [2.45, 2.75) is 38.3 Å². The minimum atomic E-state index is -0.256. The fourth-order valence-electron chi connectivity index (χ4n) is 3.01. The normalized spacial score (nSPS) is 19.0. The summed E-state index contributed by atoms with van der Waals surface area (Å²) >= 11 is 1.51. The van der Waals surface area contributed by atoms with Gasteiger partial charge in [0.2, 0.25) is 5.91 Å². The lowest BCUT2D eigenvalue weighted by atomic mass is 10.1. The molecule has 1 atom stereocenters. The summed E-state index contributed by atoms with van der Waals surface area (Å²) in [5.74, 6) is -0.174. The summed E-state index contributed by atoms with van der Waals surface area (Å²) in [4.78, 5) is 19.1. The highest BCUT2D eigenvalue weighted by atomic mass is 32.1. The summed E-state index contributed by atoms with van der Waals surface area (Å²) in [6.45, 7) is 1.42. The number of rotatable bonds is 4. The fraction of sp³-hybridized carbons (Fsp3) is 0.444. The highest BCUT2D eigenvalue weighted by Crippen LogP contribution is 2.22. The molecule has 1 aliphatic rings. The van der Waals surface area contributed by atoms with E-state index in [9.17, 15) is 9.18 Å². The van der Waals surface area contributed by atoms with Gasteiger partial charge in [0.15, 0.2) is 0 Å². The second-order valence-corrected chi connectivity index (χ2v) is 7.14. The van der Waals surface area contributed by atoms with Gasteiger partial charge in [-0.1, -0.05) is 12.8 Å². The zero-order valence-corrected chi connectivity index (χ0v) is 14.6. The molecule has 1 amide bonds. The maximum absolute atomic E-state index is 13.0. The first-order valence-electron chi connectivity index (χ1n) is 8.32. The van der Waals surface area contributed by atoms with Gasteiger partial charge in [0.1, 0.15) is 10.8 Å². The monoisotopic (exact) mass is 347 g/mol. The van der Waals surface area contributed by atoms with Gasteiger partial charge in [0, 0.05) is 10.9 Å². The molecular formula is C18H22FN3OS. The van der Waals surface area contributed by atoms with Gasteiger partial charge in [0.05, 0.1) is 18.3 Å². The quantitative estimate of drug-likeness (QED) is 0.921. The van der Waals surface area contributed by atoms with Gasteiger partial charge in [-0.25, -0.2) is 9.37 Å². The first-order valence-corrected chi connectivity index (χ1v) is 9.20. The number of carbonyl (C=O) groups excluding carboxylic acids is 1. The van der Waals surface area contributed by atoms with Gasteiger partial charge in [-0.15, -0.1) is 11.3 Å². The number of likely N-dealkylation sites (N-methyl/N-ethyl adjacent to an activating group) is 1. The van der Waals surface area contributed by atoms with Crippen LogP contribution in [0.3, 0.4) is 0 Å². The number of carbonyl (C=O) groups is 1. The summed E-state index contributed by atoms with van der Waals surface area (Å²) < 4.78 is 13.0. The second-order valence-electron chi connectivity index (χ2n) is 6.20. The van der Waals surface area contributed by atoms with Crippen molar-refractivity contribution in [2.75, 3.05) is 13.6 Å². The molecule has 24 heavy (non-hydrogen) atoms. The number of hydrogen-bond acceptors (Lipinski definition) is 4. The Balaban J connectivity index is 1.58. The fourth-order valence-corrected chi connectivity index (χ4v) is 3.75. The van der Waals surface area contributed by atoms with E-state index in [2.05, 4.69) is 15.2 Å². The Labute approximate surface area is 145 Å². The third-order valence-corrected chi connectivity index (χ3v) is 5.28. The topological polar surface area (TPSA) is 45.2 Å². The second kappa shape index (κ2) is 7.85. The number of likely N-dealkylation sites (tertiary alicyclic amines) is 1. The number of halogens is 1. The maximum atomic E-state index is 13.0. The first kappa shape index (κ1) is 17.0. The van der Waals surface area contributed by atoms with E-state index >= 15 is 0 Å². The van der Waals surface area contributed by atoms with Crippen molar-refractivity contribution in [1.29, 1.82) is 0 Å². The molecule has 0 saturated carbocycles. The summed E-state index contributed by atoms with van der Waals surface area (Å²) in [6, 6.07) is 6.25. The van der Waals surface area contributed by atoms with Crippen LogP contribution in [-0.4, -0.2) is 35.4 Å². The zero-order valence-electron chi connectivity index (χ0n) is 13.8. The highest BCUT2D eigenvalue weighted by molar-refractivity contribution is 7.09. The molecule has 0 aliphatic carbocycles. The molecule has 1 fully saturated rings. The van der Waals surface area contributed by atoms with Crippen molar-refractivity contribution in [3.05, 3.63) is 40.5 Å². The molecule has 1 aromatic carbocycles. The lowest BCUT2D eigenvalue weighted by molar-refractivity contribution is -0.126. The van der Waals surface area contributed by atoms with E-state index in [1.807, 2.05) is 12.4 Å². The summed E-state index contributed by atoms with van der Waals surface area (Å²) in [5, 5.41) is 5.81. The Kier molecular flexibility index (Phi) is 5.58. The van der Waals surface area contributed by atoms with E-state index in [4.69, 9.17) is 0 Å². The minimum Gasteiger partial charge on any atom is -0.348 e. The minimum absolute atomic E-state index is 0.0379. The molecule has 3 rings (SSSR count). The van der Waals surface area contributed by atoms with Crippen LogP contribution in [0.25, 0.3) is 11.3 Å². The predicted molar refractivity (Wildman–Crippen MR) is 94.2 cm³/mol. The molecule has 6 heteroatoms. The van der Waals surface area contributed by atoms with Crippen LogP contribution in [0.1, 0.15) is 30.7 Å². The number of benzene rings is 1. The van der Waals surface area contributed by atoms with E-state index in [0.29, 0.717) is 6.54 Å². The van der Waals surface area contributed by atoms with Crippen molar-refractivity contribution in [3.8, 4) is 11.3 Å². The summed E-state index contributed by atoms with van der Waals surface area (Å²) in [7, 11) is 2.02. The molecule has 0 spiro atoms. The Morgan fingerprint density at radius 3 is 2.92 bits per heavy atom. The number of thiazole rings is 1. The van der Waals surface area contributed by atoms with Crippen molar-refractivity contribution < 1.29 is 9.18 Å². The van der Waals surface area contributed by atoms with Gasteiger partial charge < -0.3 is 5.32 Å². The molecule has 1 aliphatic heterocycles. The Morgan fingerprint density at radius 2 is 2.12 bits per heavy atom. The van der Waals surface area contributed by atoms with Gasteiger partial charge >= 0.3 is 0 Å². The number of nitrogens with one attached hydrogen (secondary N) is 1. The molecule has 1 aromatic heterocycles. The van der Waals surface area contributed by atoms with Crippen LogP contribution in [0, 0.1) is 5.82 Å². The van der Waals surface area contributed by atoms with Crippen LogP contribution in [-0.2, 0) is 11.3 Å². The SMILES string of the molecule is CN1CCCCC[C@H]1C(=O)NCc1nc(-c2ccc(F)cc2)cs1. The lowest BCUT2D eigenvalue weighted by Gasteiger charge is -2.24. The van der Waals surface area contributed by atoms with Crippen molar-refractivity contribution in [1.82, 2.24) is 15.2 Å². The van der Waals surface area contributed by atoms with Gasteiger partial charge in [-0.2, -0.15) is 0 Å². The predicted octanol–water partition coefficient (Wildman–Crippen LogP) is 3.44. The summed E-state index contributed by atoms with van der Waals surface area (Å²) in [5.41, 5.74) is 1.70. The van der Waals surface area contributed by atoms with E-state index < -0.39 is 0 Å². The van der Waals surface area contributed by atoms with Crippen LogP contribution in [0.4, 0.5) is 4.39 Å². The van der Waals surface area contributed by atoms with Gasteiger partial charge in [0.25, 0.3) is 0 Å². The van der Waals surface area contributed by atoms with Gasteiger partial charge in [-0.05, 0) is 50.7 Å². The molecule has 2 heterocycles. The van der Waals surface area contributed by atoms with E-state index in [1.54, 1.807) is 12.1 Å². The molecule has 2 aromatic rings. The zero-order chi connectivity index (χ0) is 16.9. The third-order valence-electron chi connectivity index (χ3n) is 4.43. The molecular weight excluding hydrogens is 325 g/mol. The standard InChI is InChI=1S/C18H22FN3OS/c1-22-10-4-2-3-5-16(22)18(23)20-11-17-21-15(12-24-17)13-6-8-14(19)9-7-13/h6-9,12,16H,2-5,10-11H2,1H3,(H,20,23)/t16-/m0/s1. The van der Waals surface area contributed by atoms with E-state index in [1.165, 1.54) is 29.9 Å². The number of aromatic nitrogens is 1. The largest absolute Gasteiger partial charge is 0.348 e. The first-order chi connectivity index (χ1) is 11.6. The Hall–Kier alpha value is -1.79. The molecule has 0 unspecified atom stereocenters. The Bertz CT molecular complexity index is 686. The summed E-state index contributed by atoms with van der Waals surface area (Å²) in [6.07, 6.45) is 4.38. The Morgan fingerprint density at radius 1 is 1.33 bits per heavy atom. The number of amides is 1. The van der Waals surface area contributed by atoms with Crippen LogP contribution in [0.15, 0.2) is 29.6 Å². The van der Waals surface area contributed by atoms with Gasteiger partial charge in [-0.3, -0.25) is 9.69 Å². The molecule has 0 bridgehead atoms. The van der Waals surface area contributed by atoms with Crippen molar-refractivity contribution >= 4 is 17.2 Å². The smallest absolute Gasteiger partial charge is 0.237 e. The average Bonchev–Trinajstić information content (AvgIpc) is 2.95. The average molecular weight is 347 g/mol. The van der Waals surface area contributed by atoms with E-state index in [-0.39, 0.29) is 17.8 Å². The van der Waals surface area contributed by atoms with Crippen LogP contribution < -0.4 is 5.32 Å². The molecule has 1 N–H and O–H groups in total. The van der Waals surface area contributed by atoms with Crippen molar-refractivity contribution in [2.24, 2.45) is 0 Å². The number of hydrogen-bond donors (Lipinski definition) is 1. The van der Waals surface area contributed by atoms with Crippen LogP contribution >= 0.6 is 11.3 Å². The van der Waals surface area contributed by atoms with Crippen LogP contribution in [0.2, 0.25) is 0 Å². The maximum Gasteiger partial charge on any atom is 0.237 e. The van der Waals surface area contributed by atoms with Crippen molar-refractivity contribution in [3.63, 3.8) is 0 Å². The van der Waals surface area contributed by atoms with Crippen LogP contribution in [0.5, 0.6) is 0 Å². The highest BCUT2D eigenvalue weighted by Gasteiger charge is 2.24. The lowest BCUT2D eigenvalue weighted by Crippen LogP contribution is -2.44. The molecule has 0 radical (unpaired) electrons. The third kappa shape index (κ3) is 4.19. The number of nitrogens with zero attached hydrogens (tertiary/aromatic N) is 2. The molecule has 128 valence electrons. The molecule has 1 saturated heterocycles.